The van der Waals surface area contributed by atoms with Gasteiger partial charge in [0.25, 0.3) is 0 Å². The summed E-state index contributed by atoms with van der Waals surface area (Å²) in [6.45, 7) is 4.48. The number of sulfonamides is 1. The van der Waals surface area contributed by atoms with Crippen LogP contribution in [0.2, 0.25) is 0 Å². The summed E-state index contributed by atoms with van der Waals surface area (Å²) in [5, 5.41) is 12.5. The standard InChI is InChI=1S/C9H17N3O3S/c1-8(2)5-11-16(14,15)9-6-10-12(7-9)3-4-13/h6-8,11,13H,3-5H2,1-2H3. The molecule has 6 nitrogen and oxygen atoms in total. The molecule has 0 aliphatic heterocycles. The van der Waals surface area contributed by atoms with Crippen molar-refractivity contribution >= 4 is 10.0 Å². The van der Waals surface area contributed by atoms with Crippen molar-refractivity contribution in [2.45, 2.75) is 25.3 Å². The van der Waals surface area contributed by atoms with E-state index < -0.39 is 10.0 Å². The Hall–Kier alpha value is -0.920. The van der Waals surface area contributed by atoms with E-state index in [4.69, 9.17) is 5.11 Å². The SMILES string of the molecule is CC(C)CNS(=O)(=O)c1cnn(CCO)c1. The number of aliphatic hydroxyl groups excluding tert-OH is 1. The van der Waals surface area contributed by atoms with Crippen molar-refractivity contribution in [3.63, 3.8) is 0 Å². The van der Waals surface area contributed by atoms with E-state index in [1.165, 1.54) is 17.1 Å². The molecule has 0 saturated carbocycles. The molecule has 16 heavy (non-hydrogen) atoms. The Labute approximate surface area is 95.3 Å². The second-order valence-electron chi connectivity index (χ2n) is 3.91. The van der Waals surface area contributed by atoms with Gasteiger partial charge in [0, 0.05) is 12.7 Å². The van der Waals surface area contributed by atoms with E-state index in [0.29, 0.717) is 13.1 Å². The molecule has 92 valence electrons. The molecule has 0 aromatic carbocycles. The average molecular weight is 247 g/mol. The summed E-state index contributed by atoms with van der Waals surface area (Å²) in [6.07, 6.45) is 2.68. The van der Waals surface area contributed by atoms with Crippen molar-refractivity contribution in [3.05, 3.63) is 12.4 Å². The third-order valence-corrected chi connectivity index (χ3v) is 3.31. The number of aromatic nitrogens is 2. The lowest BCUT2D eigenvalue weighted by Crippen LogP contribution is -2.27. The zero-order valence-electron chi connectivity index (χ0n) is 9.42. The molecule has 2 N–H and O–H groups in total. The highest BCUT2D eigenvalue weighted by molar-refractivity contribution is 7.89. The van der Waals surface area contributed by atoms with Crippen molar-refractivity contribution in [3.8, 4) is 0 Å². The Balaban J connectivity index is 2.74. The minimum Gasteiger partial charge on any atom is -0.394 e. The second-order valence-corrected chi connectivity index (χ2v) is 5.68. The molecule has 0 atom stereocenters. The maximum absolute atomic E-state index is 11.7. The highest BCUT2D eigenvalue weighted by Crippen LogP contribution is 2.07. The zero-order chi connectivity index (χ0) is 12.2. The highest BCUT2D eigenvalue weighted by Gasteiger charge is 2.16. The van der Waals surface area contributed by atoms with Gasteiger partial charge in [0.05, 0.1) is 19.3 Å². The molecule has 1 rings (SSSR count). The van der Waals surface area contributed by atoms with E-state index in [1.807, 2.05) is 13.8 Å². The lowest BCUT2D eigenvalue weighted by molar-refractivity contribution is 0.269. The first-order valence-electron chi connectivity index (χ1n) is 5.08. The van der Waals surface area contributed by atoms with E-state index in [-0.39, 0.29) is 17.4 Å². The van der Waals surface area contributed by atoms with Gasteiger partial charge in [0.15, 0.2) is 0 Å². The van der Waals surface area contributed by atoms with Crippen molar-refractivity contribution in [2.75, 3.05) is 13.2 Å². The smallest absolute Gasteiger partial charge is 0.243 e. The molecule has 1 aromatic heterocycles. The first kappa shape index (κ1) is 13.1. The third kappa shape index (κ3) is 3.58. The lowest BCUT2D eigenvalue weighted by Gasteiger charge is -2.06. The van der Waals surface area contributed by atoms with Crippen LogP contribution >= 0.6 is 0 Å². The Kier molecular flexibility index (Phi) is 4.45. The van der Waals surface area contributed by atoms with E-state index in [1.54, 1.807) is 0 Å². The fourth-order valence-corrected chi connectivity index (χ4v) is 2.23. The third-order valence-electron chi connectivity index (χ3n) is 1.93. The highest BCUT2D eigenvalue weighted by atomic mass is 32.2. The predicted molar refractivity (Wildman–Crippen MR) is 59.3 cm³/mol. The van der Waals surface area contributed by atoms with Gasteiger partial charge in [-0.1, -0.05) is 13.8 Å². The Morgan fingerprint density at radius 2 is 2.25 bits per heavy atom. The summed E-state index contributed by atoms with van der Waals surface area (Å²) in [7, 11) is -3.47. The average Bonchev–Trinajstić information content (AvgIpc) is 2.65. The van der Waals surface area contributed by atoms with Gasteiger partial charge in [-0.3, -0.25) is 4.68 Å². The van der Waals surface area contributed by atoms with E-state index >= 15 is 0 Å². The Morgan fingerprint density at radius 3 is 2.81 bits per heavy atom. The zero-order valence-corrected chi connectivity index (χ0v) is 10.2. The molecule has 1 aromatic rings. The van der Waals surface area contributed by atoms with Crippen molar-refractivity contribution in [2.24, 2.45) is 5.92 Å². The lowest BCUT2D eigenvalue weighted by atomic mass is 10.2. The second kappa shape index (κ2) is 5.42. The molecule has 7 heteroatoms. The van der Waals surface area contributed by atoms with Gasteiger partial charge in [-0.05, 0) is 5.92 Å². The number of aliphatic hydroxyl groups is 1. The molecular formula is C9H17N3O3S. The number of hydrogen-bond donors (Lipinski definition) is 2. The van der Waals surface area contributed by atoms with Gasteiger partial charge in [-0.15, -0.1) is 0 Å². The van der Waals surface area contributed by atoms with Crippen LogP contribution in [0.4, 0.5) is 0 Å². The molecule has 0 spiro atoms. The monoisotopic (exact) mass is 247 g/mol. The summed E-state index contributed by atoms with van der Waals surface area (Å²) in [5.41, 5.74) is 0. The van der Waals surface area contributed by atoms with Crippen molar-refractivity contribution < 1.29 is 13.5 Å². The largest absolute Gasteiger partial charge is 0.394 e. The van der Waals surface area contributed by atoms with Crippen LogP contribution in [-0.4, -0.2) is 36.5 Å². The molecule has 0 bridgehead atoms. The molecule has 0 aliphatic rings. The quantitative estimate of drug-likeness (QED) is 0.729. The molecule has 1 heterocycles. The number of nitrogens with one attached hydrogen (secondary N) is 1. The summed E-state index contributed by atoms with van der Waals surface area (Å²) < 4.78 is 27.3. The number of nitrogens with zero attached hydrogens (tertiary/aromatic N) is 2. The molecule has 0 aliphatic carbocycles. The van der Waals surface area contributed by atoms with Gasteiger partial charge in [0.2, 0.25) is 10.0 Å². The number of hydrogen-bond acceptors (Lipinski definition) is 4. The molecule has 0 fully saturated rings. The van der Waals surface area contributed by atoms with E-state index in [2.05, 4.69) is 9.82 Å². The van der Waals surface area contributed by atoms with E-state index in [0.717, 1.165) is 0 Å². The summed E-state index contributed by atoms with van der Waals surface area (Å²) >= 11 is 0. The van der Waals surface area contributed by atoms with Crippen molar-refractivity contribution in [1.29, 1.82) is 0 Å². The maximum atomic E-state index is 11.7. The fraction of sp³-hybridized carbons (Fsp3) is 0.667. The minimum absolute atomic E-state index is 0.0689. The molecular weight excluding hydrogens is 230 g/mol. The normalized spacial score (nSPS) is 12.2. The van der Waals surface area contributed by atoms with Gasteiger partial charge in [0.1, 0.15) is 4.90 Å². The van der Waals surface area contributed by atoms with E-state index in [9.17, 15) is 8.42 Å². The first-order chi connectivity index (χ1) is 7.45. The Bertz CT molecular complexity index is 425. The van der Waals surface area contributed by atoms with Crippen LogP contribution in [0.3, 0.4) is 0 Å². The van der Waals surface area contributed by atoms with Gasteiger partial charge in [-0.25, -0.2) is 13.1 Å². The van der Waals surface area contributed by atoms with Gasteiger partial charge >= 0.3 is 0 Å². The van der Waals surface area contributed by atoms with Crippen LogP contribution in [0.25, 0.3) is 0 Å². The van der Waals surface area contributed by atoms with Crippen LogP contribution in [-0.2, 0) is 16.6 Å². The molecule has 0 saturated heterocycles. The van der Waals surface area contributed by atoms with Crippen LogP contribution in [0, 0.1) is 5.92 Å². The predicted octanol–water partition coefficient (Wildman–Crippen LogP) is -0.190. The van der Waals surface area contributed by atoms with Crippen LogP contribution in [0.5, 0.6) is 0 Å². The molecule has 0 radical (unpaired) electrons. The maximum Gasteiger partial charge on any atom is 0.243 e. The van der Waals surface area contributed by atoms with Crippen LogP contribution in [0.15, 0.2) is 17.3 Å². The number of rotatable bonds is 6. The molecule has 0 unspecified atom stereocenters. The Morgan fingerprint density at radius 1 is 1.56 bits per heavy atom. The van der Waals surface area contributed by atoms with Crippen LogP contribution in [0.1, 0.15) is 13.8 Å². The fourth-order valence-electron chi connectivity index (χ4n) is 1.07. The van der Waals surface area contributed by atoms with Crippen molar-refractivity contribution in [1.82, 2.24) is 14.5 Å². The first-order valence-corrected chi connectivity index (χ1v) is 6.57. The summed E-state index contributed by atoms with van der Waals surface area (Å²) in [4.78, 5) is 0.126. The van der Waals surface area contributed by atoms with Gasteiger partial charge in [-0.2, -0.15) is 5.10 Å². The summed E-state index contributed by atoms with van der Waals surface area (Å²) in [6, 6.07) is 0. The minimum atomic E-state index is -3.47. The topological polar surface area (TPSA) is 84.2 Å². The summed E-state index contributed by atoms with van der Waals surface area (Å²) in [5.74, 6) is 0.252. The molecule has 0 amide bonds. The van der Waals surface area contributed by atoms with Crippen LogP contribution < -0.4 is 4.72 Å². The van der Waals surface area contributed by atoms with Gasteiger partial charge < -0.3 is 5.11 Å².